The highest BCUT2D eigenvalue weighted by Gasteiger charge is 2.37. The number of H-pyrrole nitrogens is 1. The number of halogens is 5. The molecule has 42 heavy (non-hydrogen) atoms. The maximum absolute atomic E-state index is 15.0. The summed E-state index contributed by atoms with van der Waals surface area (Å²) in [5.74, 6) is -2.87. The van der Waals surface area contributed by atoms with Crippen LogP contribution >= 0.6 is 11.6 Å². The Hall–Kier alpha value is -4.23. The SMILES string of the molecule is CC(C)S(=O)(=O)NC(=O)c1c(-c2ccc[nH]c2=O)c2cc(C(F)(F)F)c(F)cc2n1Cc1cc2ccccc2nc1Cl. The molecule has 8 nitrogen and oxygen atoms in total. The molecule has 1 amide bonds. The molecule has 0 spiro atoms. The highest BCUT2D eigenvalue weighted by atomic mass is 35.5. The number of benzene rings is 2. The van der Waals surface area contributed by atoms with Crippen molar-refractivity contribution in [3.63, 3.8) is 0 Å². The Labute approximate surface area is 241 Å². The van der Waals surface area contributed by atoms with Gasteiger partial charge in [0.1, 0.15) is 16.7 Å². The van der Waals surface area contributed by atoms with Crippen LogP contribution in [-0.4, -0.2) is 34.1 Å². The standard InChI is InChI=1S/C28H21ClF4N4O4S/c1-14(2)42(40,41)36-27(39)24-23(17-7-5-9-34-26(17)38)18-11-19(28(31,32)33)20(30)12-22(18)37(24)13-16-10-15-6-3-4-8-21(15)35-25(16)29/h3-12,14H,13H2,1-2H3,(H,34,38)(H,36,39). The smallest absolute Gasteiger partial charge is 0.331 e. The quantitative estimate of drug-likeness (QED) is 0.182. The summed E-state index contributed by atoms with van der Waals surface area (Å²) in [6.45, 7) is 2.30. The number of alkyl halides is 3. The topological polar surface area (TPSA) is 114 Å². The summed E-state index contributed by atoms with van der Waals surface area (Å²) in [7, 11) is -4.25. The minimum Gasteiger partial charge on any atom is -0.331 e. The van der Waals surface area contributed by atoms with Crippen molar-refractivity contribution in [1.82, 2.24) is 19.3 Å². The van der Waals surface area contributed by atoms with Crippen molar-refractivity contribution < 1.29 is 30.8 Å². The lowest BCUT2D eigenvalue weighted by molar-refractivity contribution is -0.139. The summed E-state index contributed by atoms with van der Waals surface area (Å²) in [6, 6.07) is 12.3. The number of fused-ring (bicyclic) bond motifs is 2. The summed E-state index contributed by atoms with van der Waals surface area (Å²) in [5, 5.41) is -0.733. The fraction of sp³-hybridized carbons (Fsp3) is 0.179. The molecule has 0 saturated heterocycles. The van der Waals surface area contributed by atoms with Crippen LogP contribution in [0.15, 0.2) is 65.6 Å². The highest BCUT2D eigenvalue weighted by Crippen LogP contribution is 2.40. The lowest BCUT2D eigenvalue weighted by Gasteiger charge is -2.15. The van der Waals surface area contributed by atoms with Crippen molar-refractivity contribution in [1.29, 1.82) is 0 Å². The minimum atomic E-state index is -5.12. The minimum absolute atomic E-state index is 0.0109. The van der Waals surface area contributed by atoms with E-state index in [0.717, 1.165) is 4.57 Å². The first-order valence-corrected chi connectivity index (χ1v) is 14.3. The van der Waals surface area contributed by atoms with Gasteiger partial charge in [-0.25, -0.2) is 22.5 Å². The summed E-state index contributed by atoms with van der Waals surface area (Å²) in [5.41, 5.74) is -2.84. The molecule has 2 N–H and O–H groups in total. The Morgan fingerprint density at radius 2 is 1.83 bits per heavy atom. The molecule has 0 aliphatic heterocycles. The zero-order chi connectivity index (χ0) is 30.6. The average molecular weight is 621 g/mol. The third-order valence-corrected chi connectivity index (χ3v) is 8.73. The molecule has 0 radical (unpaired) electrons. The van der Waals surface area contributed by atoms with Crippen molar-refractivity contribution in [3.05, 3.63) is 98.9 Å². The maximum Gasteiger partial charge on any atom is 0.419 e. The van der Waals surface area contributed by atoms with Gasteiger partial charge in [0.2, 0.25) is 10.0 Å². The first-order valence-electron chi connectivity index (χ1n) is 12.4. The number of nitrogens with one attached hydrogen (secondary N) is 2. The molecule has 218 valence electrons. The summed E-state index contributed by atoms with van der Waals surface area (Å²) in [6.07, 6.45) is -3.84. The third-order valence-electron chi connectivity index (χ3n) is 6.69. The molecule has 0 atom stereocenters. The van der Waals surface area contributed by atoms with Gasteiger partial charge < -0.3 is 9.55 Å². The van der Waals surface area contributed by atoms with E-state index >= 15 is 0 Å². The molecule has 0 aliphatic rings. The van der Waals surface area contributed by atoms with Crippen LogP contribution in [0.3, 0.4) is 0 Å². The molecular weight excluding hydrogens is 600 g/mol. The Balaban J connectivity index is 1.90. The van der Waals surface area contributed by atoms with Gasteiger partial charge in [0.25, 0.3) is 11.5 Å². The van der Waals surface area contributed by atoms with Gasteiger partial charge in [0.15, 0.2) is 0 Å². The van der Waals surface area contributed by atoms with E-state index in [1.807, 2.05) is 4.72 Å². The van der Waals surface area contributed by atoms with E-state index in [9.17, 15) is 35.6 Å². The van der Waals surface area contributed by atoms with Crippen molar-refractivity contribution in [2.75, 3.05) is 0 Å². The van der Waals surface area contributed by atoms with E-state index in [1.54, 1.807) is 30.3 Å². The van der Waals surface area contributed by atoms with E-state index in [4.69, 9.17) is 11.6 Å². The number of nitrogens with zero attached hydrogens (tertiary/aromatic N) is 2. The number of aromatic nitrogens is 3. The molecule has 5 aromatic rings. The van der Waals surface area contributed by atoms with Crippen LogP contribution in [0.25, 0.3) is 32.9 Å². The lowest BCUT2D eigenvalue weighted by atomic mass is 10.0. The van der Waals surface area contributed by atoms with E-state index < -0.39 is 50.0 Å². The molecule has 0 fully saturated rings. The van der Waals surface area contributed by atoms with Crippen LogP contribution in [-0.2, 0) is 22.7 Å². The molecule has 2 aromatic carbocycles. The van der Waals surface area contributed by atoms with Gasteiger partial charge in [0, 0.05) is 33.7 Å². The molecule has 0 aliphatic carbocycles. The molecule has 5 rings (SSSR count). The van der Waals surface area contributed by atoms with E-state index in [2.05, 4.69) is 9.97 Å². The van der Waals surface area contributed by atoms with Crippen molar-refractivity contribution in [2.45, 2.75) is 31.8 Å². The van der Waals surface area contributed by atoms with Gasteiger partial charge in [-0.1, -0.05) is 29.8 Å². The van der Waals surface area contributed by atoms with Gasteiger partial charge in [-0.05, 0) is 50.2 Å². The Morgan fingerprint density at radius 3 is 2.50 bits per heavy atom. The Kier molecular flexibility index (Phi) is 7.35. The molecule has 3 aromatic heterocycles. The Bertz CT molecular complexity index is 2050. The van der Waals surface area contributed by atoms with Crippen LogP contribution in [0.2, 0.25) is 5.15 Å². The highest BCUT2D eigenvalue weighted by molar-refractivity contribution is 7.90. The number of sulfonamides is 1. The number of carbonyl (C=O) groups excluding carboxylic acids is 1. The van der Waals surface area contributed by atoms with E-state index in [1.165, 1.54) is 32.2 Å². The van der Waals surface area contributed by atoms with Gasteiger partial charge >= 0.3 is 6.18 Å². The molecule has 14 heteroatoms. The summed E-state index contributed by atoms with van der Waals surface area (Å²) < 4.78 is 84.9. The number of aromatic amines is 1. The Morgan fingerprint density at radius 1 is 1.12 bits per heavy atom. The number of carbonyl (C=O) groups is 1. The number of amides is 1. The maximum atomic E-state index is 15.0. The van der Waals surface area contributed by atoms with E-state index in [-0.39, 0.29) is 33.7 Å². The number of para-hydroxylation sites is 1. The van der Waals surface area contributed by atoms with Crippen LogP contribution in [0.5, 0.6) is 0 Å². The molecule has 0 bridgehead atoms. The second-order valence-corrected chi connectivity index (χ2v) is 12.3. The van der Waals surface area contributed by atoms with Crippen LogP contribution in [0.1, 0.15) is 35.5 Å². The van der Waals surface area contributed by atoms with Gasteiger partial charge in [-0.3, -0.25) is 9.59 Å². The largest absolute Gasteiger partial charge is 0.419 e. The third kappa shape index (κ3) is 5.25. The van der Waals surface area contributed by atoms with Crippen molar-refractivity contribution in [3.8, 4) is 11.1 Å². The van der Waals surface area contributed by atoms with Crippen LogP contribution in [0.4, 0.5) is 17.6 Å². The number of rotatable bonds is 6. The second kappa shape index (κ2) is 10.6. The monoisotopic (exact) mass is 620 g/mol. The number of hydrogen-bond donors (Lipinski definition) is 2. The fourth-order valence-corrected chi connectivity index (χ4v) is 5.39. The van der Waals surface area contributed by atoms with Gasteiger partial charge in [-0.15, -0.1) is 0 Å². The molecule has 3 heterocycles. The van der Waals surface area contributed by atoms with Crippen molar-refractivity contribution >= 4 is 49.3 Å². The summed E-state index contributed by atoms with van der Waals surface area (Å²) in [4.78, 5) is 33.4. The lowest BCUT2D eigenvalue weighted by Crippen LogP contribution is -2.37. The van der Waals surface area contributed by atoms with E-state index in [0.29, 0.717) is 28.6 Å². The molecule has 0 saturated carbocycles. The molecular formula is C28H21ClF4N4O4S. The fourth-order valence-electron chi connectivity index (χ4n) is 4.59. The first kappa shape index (κ1) is 29.3. The number of pyridine rings is 2. The normalized spacial score (nSPS) is 12.4. The van der Waals surface area contributed by atoms with Crippen LogP contribution < -0.4 is 10.3 Å². The van der Waals surface area contributed by atoms with Gasteiger partial charge in [-0.2, -0.15) is 13.2 Å². The first-order chi connectivity index (χ1) is 19.7. The molecule has 0 unspecified atom stereocenters. The predicted octanol–water partition coefficient (Wildman–Crippen LogP) is 5.87. The predicted molar refractivity (Wildman–Crippen MR) is 150 cm³/mol. The summed E-state index contributed by atoms with van der Waals surface area (Å²) >= 11 is 6.45. The zero-order valence-corrected chi connectivity index (χ0v) is 23.5. The van der Waals surface area contributed by atoms with Crippen LogP contribution in [0, 0.1) is 5.82 Å². The number of hydrogen-bond acceptors (Lipinski definition) is 5. The van der Waals surface area contributed by atoms with Gasteiger partial charge in [0.05, 0.1) is 28.4 Å². The second-order valence-electron chi connectivity index (χ2n) is 9.73. The zero-order valence-electron chi connectivity index (χ0n) is 21.9. The van der Waals surface area contributed by atoms with Crippen molar-refractivity contribution in [2.24, 2.45) is 0 Å². The average Bonchev–Trinajstić information content (AvgIpc) is 3.20.